The number of thiophene rings is 1. The average Bonchev–Trinajstić information content (AvgIpc) is 3.67. The minimum absolute atomic E-state index is 0.0680. The van der Waals surface area contributed by atoms with E-state index in [4.69, 9.17) is 5.26 Å². The molecule has 3 N–H and O–H groups in total. The third kappa shape index (κ3) is 7.06. The molecule has 0 aliphatic rings. The Bertz CT molecular complexity index is 1980. The van der Waals surface area contributed by atoms with Crippen molar-refractivity contribution in [2.24, 2.45) is 5.92 Å². The maximum Gasteiger partial charge on any atom is 0.326 e. The van der Waals surface area contributed by atoms with Gasteiger partial charge in [0.1, 0.15) is 6.04 Å². The summed E-state index contributed by atoms with van der Waals surface area (Å²) in [5, 5.41) is 24.0. The van der Waals surface area contributed by atoms with Crippen LogP contribution in [0.2, 0.25) is 0 Å². The molecular formula is C33H31N5O5S2. The van der Waals surface area contributed by atoms with Crippen LogP contribution >= 0.6 is 11.3 Å². The number of carboxylic acid groups (broad SMARTS) is 1. The van der Waals surface area contributed by atoms with E-state index in [-0.39, 0.29) is 17.2 Å². The highest BCUT2D eigenvalue weighted by atomic mass is 32.2. The molecule has 230 valence electrons. The van der Waals surface area contributed by atoms with Crippen molar-refractivity contribution >= 4 is 48.8 Å². The first-order chi connectivity index (χ1) is 21.6. The van der Waals surface area contributed by atoms with Gasteiger partial charge in [-0.1, -0.05) is 50.2 Å². The first-order valence-corrected chi connectivity index (χ1v) is 16.5. The van der Waals surface area contributed by atoms with Crippen LogP contribution in [-0.2, 0) is 21.2 Å². The number of hydrogen-bond donors (Lipinski definition) is 3. The van der Waals surface area contributed by atoms with Crippen LogP contribution in [0.5, 0.6) is 0 Å². The molecule has 0 saturated carbocycles. The van der Waals surface area contributed by atoms with Gasteiger partial charge in [0, 0.05) is 22.3 Å². The highest BCUT2D eigenvalue weighted by molar-refractivity contribution is 7.91. The number of nitrogens with one attached hydrogen (secondary N) is 2. The van der Waals surface area contributed by atoms with Gasteiger partial charge in [0.05, 0.1) is 39.6 Å². The topological polar surface area (TPSA) is 154 Å². The third-order valence-electron chi connectivity index (χ3n) is 7.21. The second kappa shape index (κ2) is 13.3. The van der Waals surface area contributed by atoms with Crippen LogP contribution in [0.25, 0.3) is 10.1 Å². The summed E-state index contributed by atoms with van der Waals surface area (Å²) in [5.41, 5.74) is 2.25. The fraction of sp³-hybridized carbons (Fsp3) is 0.212. The van der Waals surface area contributed by atoms with Gasteiger partial charge in [0.25, 0.3) is 5.91 Å². The van der Waals surface area contributed by atoms with Gasteiger partial charge in [-0.3, -0.25) is 4.79 Å². The van der Waals surface area contributed by atoms with E-state index >= 15 is 0 Å². The number of anilines is 1. The van der Waals surface area contributed by atoms with Crippen molar-refractivity contribution in [2.75, 3.05) is 5.32 Å². The molecule has 2 heterocycles. The molecule has 0 fully saturated rings. The summed E-state index contributed by atoms with van der Waals surface area (Å²) in [6, 6.07) is 23.2. The quantitative estimate of drug-likeness (QED) is 0.154. The van der Waals surface area contributed by atoms with Crippen LogP contribution in [0.4, 0.5) is 5.69 Å². The number of fused-ring (bicyclic) bond motifs is 1. The van der Waals surface area contributed by atoms with Crippen LogP contribution < -0.4 is 10.6 Å². The van der Waals surface area contributed by atoms with Crippen LogP contribution in [0.3, 0.4) is 0 Å². The van der Waals surface area contributed by atoms with Crippen molar-refractivity contribution in [3.63, 3.8) is 0 Å². The fourth-order valence-electron chi connectivity index (χ4n) is 4.98. The van der Waals surface area contributed by atoms with Crippen LogP contribution in [-0.4, -0.2) is 41.0 Å². The molecule has 45 heavy (non-hydrogen) atoms. The molecule has 12 heteroatoms. The van der Waals surface area contributed by atoms with Crippen molar-refractivity contribution in [3.05, 3.63) is 113 Å². The van der Waals surface area contributed by atoms with Gasteiger partial charge in [-0.15, -0.1) is 11.3 Å². The molecule has 0 radical (unpaired) electrons. The number of nitrogens with zero attached hydrogens (tertiary/aromatic N) is 3. The molecule has 0 spiro atoms. The minimum atomic E-state index is -4.02. The first kappa shape index (κ1) is 31.4. The third-order valence-corrected chi connectivity index (χ3v) is 10.2. The van der Waals surface area contributed by atoms with Crippen molar-refractivity contribution in [1.82, 2.24) is 14.9 Å². The Hall–Kier alpha value is -4.99. The summed E-state index contributed by atoms with van der Waals surface area (Å²) in [5.74, 6) is -1.55. The molecule has 2 atom stereocenters. The fourth-order valence-corrected chi connectivity index (χ4v) is 7.58. The van der Waals surface area contributed by atoms with Gasteiger partial charge in [-0.05, 0) is 60.4 Å². The number of aliphatic carboxylic acids is 1. The standard InChI is InChI=1S/C33H31N5O5S2/c1-21(2)15-27(33(40)41)36-31(39)30-16-25-26(9-6-10-29(25)44-30)37-32(45(42,43)24-7-4-3-5-8-24)28-18-35-20-38(28)19-23-13-11-22(17-34)12-14-23/h3-14,16,18,20-21,27,32,37H,15,19H2,1-2H3,(H,36,39)(H,40,41)/t27-,32?/m0/s1. The molecule has 0 bridgehead atoms. The highest BCUT2D eigenvalue weighted by Crippen LogP contribution is 2.36. The number of carbonyl (C=O) groups is 2. The lowest BCUT2D eigenvalue weighted by Gasteiger charge is -2.22. The van der Waals surface area contributed by atoms with Gasteiger partial charge >= 0.3 is 5.97 Å². The Morgan fingerprint density at radius 1 is 1.04 bits per heavy atom. The van der Waals surface area contributed by atoms with Gasteiger partial charge in [-0.25, -0.2) is 18.2 Å². The lowest BCUT2D eigenvalue weighted by Crippen LogP contribution is -2.41. The second-order valence-corrected chi connectivity index (χ2v) is 14.1. The molecular weight excluding hydrogens is 611 g/mol. The molecule has 3 aromatic carbocycles. The van der Waals surface area contributed by atoms with E-state index in [1.807, 2.05) is 32.0 Å². The van der Waals surface area contributed by atoms with E-state index in [1.54, 1.807) is 59.4 Å². The normalized spacial score (nSPS) is 12.8. The largest absolute Gasteiger partial charge is 0.480 e. The zero-order valence-electron chi connectivity index (χ0n) is 24.5. The van der Waals surface area contributed by atoms with Crippen LogP contribution in [0.15, 0.2) is 96.3 Å². The predicted octanol–water partition coefficient (Wildman–Crippen LogP) is 5.83. The number of amides is 1. The number of nitriles is 1. The van der Waals surface area contributed by atoms with E-state index in [0.717, 1.165) is 10.3 Å². The summed E-state index contributed by atoms with van der Waals surface area (Å²) in [6.45, 7) is 4.09. The number of hydrogen-bond acceptors (Lipinski definition) is 8. The Kier molecular flexibility index (Phi) is 9.32. The second-order valence-electron chi connectivity index (χ2n) is 11.0. The maximum absolute atomic E-state index is 14.2. The van der Waals surface area contributed by atoms with Crippen LogP contribution in [0, 0.1) is 17.2 Å². The lowest BCUT2D eigenvalue weighted by atomic mass is 10.0. The summed E-state index contributed by atoms with van der Waals surface area (Å²) in [4.78, 5) is 29.6. The number of imidazole rings is 1. The molecule has 2 aromatic heterocycles. The Morgan fingerprint density at radius 2 is 1.78 bits per heavy atom. The van der Waals surface area contributed by atoms with E-state index in [2.05, 4.69) is 21.7 Å². The first-order valence-electron chi connectivity index (χ1n) is 14.2. The zero-order valence-corrected chi connectivity index (χ0v) is 26.2. The van der Waals surface area contributed by atoms with Gasteiger partial charge < -0.3 is 20.3 Å². The number of carbonyl (C=O) groups excluding carboxylic acids is 1. The minimum Gasteiger partial charge on any atom is -0.480 e. The summed E-state index contributed by atoms with van der Waals surface area (Å²) in [7, 11) is -4.02. The molecule has 1 amide bonds. The van der Waals surface area contributed by atoms with Crippen LogP contribution in [0.1, 0.15) is 52.1 Å². The van der Waals surface area contributed by atoms with Crippen molar-refractivity contribution in [3.8, 4) is 6.07 Å². The Morgan fingerprint density at radius 3 is 2.44 bits per heavy atom. The summed E-state index contributed by atoms with van der Waals surface area (Å²) in [6.07, 6.45) is 3.36. The number of rotatable bonds is 12. The number of carboxylic acids is 1. The highest BCUT2D eigenvalue weighted by Gasteiger charge is 2.33. The molecule has 0 saturated heterocycles. The van der Waals surface area contributed by atoms with Gasteiger partial charge in [0.15, 0.2) is 5.37 Å². The average molecular weight is 642 g/mol. The smallest absolute Gasteiger partial charge is 0.326 e. The number of benzene rings is 3. The molecule has 0 aliphatic carbocycles. The van der Waals surface area contributed by atoms with E-state index < -0.39 is 33.1 Å². The van der Waals surface area contributed by atoms with Crippen molar-refractivity contribution in [2.45, 2.75) is 43.1 Å². The Balaban J connectivity index is 1.53. The van der Waals surface area contributed by atoms with E-state index in [1.165, 1.54) is 29.7 Å². The van der Waals surface area contributed by atoms with Gasteiger partial charge in [-0.2, -0.15) is 5.26 Å². The Labute approximate surface area is 264 Å². The number of sulfone groups is 1. The lowest BCUT2D eigenvalue weighted by molar-refractivity contribution is -0.139. The summed E-state index contributed by atoms with van der Waals surface area (Å²) >= 11 is 1.19. The predicted molar refractivity (Wildman–Crippen MR) is 173 cm³/mol. The number of aromatic nitrogens is 2. The van der Waals surface area contributed by atoms with Gasteiger partial charge in [0.2, 0.25) is 9.84 Å². The van der Waals surface area contributed by atoms with E-state index in [9.17, 15) is 23.1 Å². The van der Waals surface area contributed by atoms with Crippen molar-refractivity contribution < 1.29 is 23.1 Å². The maximum atomic E-state index is 14.2. The zero-order chi connectivity index (χ0) is 32.1. The summed E-state index contributed by atoms with van der Waals surface area (Å²) < 4.78 is 30.8. The SMILES string of the molecule is CC(C)C[C@H](NC(=O)c1cc2c(NC(c3cncn3Cc3ccc(C#N)cc3)S(=O)(=O)c3ccccc3)cccc2s1)C(=O)O. The molecule has 10 nitrogen and oxygen atoms in total. The molecule has 5 rings (SSSR count). The molecule has 0 aliphatic heterocycles. The monoisotopic (exact) mass is 641 g/mol. The van der Waals surface area contributed by atoms with E-state index in [0.29, 0.717) is 33.8 Å². The molecule has 5 aromatic rings. The van der Waals surface area contributed by atoms with Crippen molar-refractivity contribution in [1.29, 1.82) is 5.26 Å². The molecule has 1 unspecified atom stereocenters.